The molecule has 234 valence electrons. The standard InChI is InChI=1S/C30H30N6O8S/c1-34-25(37)26(38)35-27-29(18-30(35,40)28(34)39,19-8-10-20(43-2)11-9-19)23-6-3-4-7-24(23)36(27)45(41,42)22-14-12-21(13-15-22)44-17-5-16-32-33-31/h3-4,6-15,25,27,37,40H,5,16-18H2,1-2H3/t25-,27+,29+,30-/m1/s1. The minimum atomic E-state index is -4.48. The van der Waals surface area contributed by atoms with Gasteiger partial charge in [-0.2, -0.15) is 0 Å². The number of azide groups is 1. The Morgan fingerprint density at radius 2 is 1.71 bits per heavy atom. The van der Waals surface area contributed by atoms with E-state index < -0.39 is 45.4 Å². The number of ether oxygens (including phenoxy) is 2. The van der Waals surface area contributed by atoms with E-state index in [1.165, 1.54) is 38.4 Å². The van der Waals surface area contributed by atoms with Crippen molar-refractivity contribution >= 4 is 27.5 Å². The van der Waals surface area contributed by atoms with Crippen LogP contribution in [0.25, 0.3) is 10.4 Å². The zero-order chi connectivity index (χ0) is 32.1. The molecule has 3 aliphatic heterocycles. The SMILES string of the molecule is COc1ccc([C@]23C[C@@]4(O)C(=O)N(C)[C@H](O)C(=O)N4[C@H]2N(S(=O)(=O)c2ccc(OCCCN=[N+]=[N-])cc2)c2ccccc23)cc1. The van der Waals surface area contributed by atoms with E-state index in [1.807, 2.05) is 0 Å². The van der Waals surface area contributed by atoms with Crippen LogP contribution >= 0.6 is 0 Å². The number of piperazine rings is 1. The number of rotatable bonds is 9. The molecule has 0 spiro atoms. The second kappa shape index (κ2) is 11.0. The van der Waals surface area contributed by atoms with Gasteiger partial charge in [0.25, 0.3) is 21.8 Å². The molecule has 2 fully saturated rings. The topological polar surface area (TPSA) is 186 Å². The molecule has 14 nitrogen and oxygen atoms in total. The highest BCUT2D eigenvalue weighted by Crippen LogP contribution is 2.62. The fourth-order valence-electron chi connectivity index (χ4n) is 6.61. The minimum Gasteiger partial charge on any atom is -0.497 e. The fraction of sp³-hybridized carbons (Fsp3) is 0.333. The second-order valence-corrected chi connectivity index (χ2v) is 12.8. The lowest BCUT2D eigenvalue weighted by atomic mass is 9.72. The van der Waals surface area contributed by atoms with Gasteiger partial charge in [0.15, 0.2) is 0 Å². The molecule has 3 aliphatic rings. The van der Waals surface area contributed by atoms with Gasteiger partial charge in [0.05, 0.1) is 29.7 Å². The largest absolute Gasteiger partial charge is 0.497 e. The lowest BCUT2D eigenvalue weighted by Crippen LogP contribution is -2.71. The molecule has 0 bridgehead atoms. The van der Waals surface area contributed by atoms with Gasteiger partial charge in [-0.25, -0.2) is 12.7 Å². The summed E-state index contributed by atoms with van der Waals surface area (Å²) in [6, 6.07) is 19.2. The Morgan fingerprint density at radius 1 is 1.04 bits per heavy atom. The van der Waals surface area contributed by atoms with Crippen LogP contribution in [0.1, 0.15) is 24.0 Å². The zero-order valence-electron chi connectivity index (χ0n) is 24.3. The molecule has 0 radical (unpaired) electrons. The molecule has 45 heavy (non-hydrogen) atoms. The van der Waals surface area contributed by atoms with Crippen LogP contribution < -0.4 is 13.8 Å². The summed E-state index contributed by atoms with van der Waals surface area (Å²) in [6.45, 7) is 0.501. The summed E-state index contributed by atoms with van der Waals surface area (Å²) in [5, 5.41) is 26.3. The molecule has 3 heterocycles. The average Bonchev–Trinajstić information content (AvgIpc) is 3.49. The van der Waals surface area contributed by atoms with Crippen molar-refractivity contribution in [2.45, 2.75) is 41.3 Å². The van der Waals surface area contributed by atoms with Crippen molar-refractivity contribution in [2.24, 2.45) is 5.11 Å². The van der Waals surface area contributed by atoms with Crippen LogP contribution in [0.5, 0.6) is 11.5 Å². The number of nitrogens with zero attached hydrogens (tertiary/aromatic N) is 6. The maximum Gasteiger partial charge on any atom is 0.278 e. The third-order valence-corrected chi connectivity index (χ3v) is 10.4. The molecule has 0 aromatic heterocycles. The van der Waals surface area contributed by atoms with Gasteiger partial charge in [-0.3, -0.25) is 14.5 Å². The fourth-order valence-corrected chi connectivity index (χ4v) is 8.28. The first-order chi connectivity index (χ1) is 21.5. The van der Waals surface area contributed by atoms with Crippen LogP contribution in [0.3, 0.4) is 0 Å². The molecule has 3 aromatic rings. The third kappa shape index (κ3) is 4.38. The summed E-state index contributed by atoms with van der Waals surface area (Å²) in [5.41, 5.74) is 5.79. The monoisotopic (exact) mass is 634 g/mol. The van der Waals surface area contributed by atoms with E-state index in [2.05, 4.69) is 10.0 Å². The highest BCUT2D eigenvalue weighted by Gasteiger charge is 2.74. The molecule has 0 aliphatic carbocycles. The number of fused-ring (bicyclic) bond motifs is 5. The molecule has 2 N–H and O–H groups in total. The van der Waals surface area contributed by atoms with Crippen LogP contribution in [0.15, 0.2) is 82.8 Å². The normalized spacial score (nSPS) is 25.4. The van der Waals surface area contributed by atoms with Crippen LogP contribution in [-0.4, -0.2) is 85.7 Å². The first kappa shape index (κ1) is 30.2. The van der Waals surface area contributed by atoms with Gasteiger partial charge in [-0.1, -0.05) is 35.4 Å². The van der Waals surface area contributed by atoms with Crippen molar-refractivity contribution in [2.75, 3.05) is 31.6 Å². The predicted octanol–water partition coefficient (Wildman–Crippen LogP) is 2.31. The lowest BCUT2D eigenvalue weighted by molar-refractivity contribution is -0.207. The summed E-state index contributed by atoms with van der Waals surface area (Å²) >= 11 is 0. The van der Waals surface area contributed by atoms with E-state index in [-0.39, 0.29) is 30.2 Å². The highest BCUT2D eigenvalue weighted by atomic mass is 32.2. The van der Waals surface area contributed by atoms with E-state index in [0.717, 1.165) is 14.1 Å². The molecule has 2 amide bonds. The number of aliphatic hydroxyl groups excluding tert-OH is 1. The summed E-state index contributed by atoms with van der Waals surface area (Å²) in [5.74, 6) is -1.03. The number of anilines is 1. The van der Waals surface area contributed by atoms with E-state index >= 15 is 0 Å². The van der Waals surface area contributed by atoms with Crippen LogP contribution in [-0.2, 0) is 25.0 Å². The van der Waals surface area contributed by atoms with Gasteiger partial charge in [0, 0.05) is 24.9 Å². The van der Waals surface area contributed by atoms with Gasteiger partial charge >= 0.3 is 0 Å². The van der Waals surface area contributed by atoms with Crippen molar-refractivity contribution in [3.63, 3.8) is 0 Å². The molecule has 15 heteroatoms. The van der Waals surface area contributed by atoms with Crippen LogP contribution in [0, 0.1) is 0 Å². The first-order valence-corrected chi connectivity index (χ1v) is 15.5. The quantitative estimate of drug-likeness (QED) is 0.155. The minimum absolute atomic E-state index is 0.131. The summed E-state index contributed by atoms with van der Waals surface area (Å²) in [4.78, 5) is 31.5. The van der Waals surface area contributed by atoms with E-state index in [1.54, 1.807) is 48.5 Å². The Hall–Kier alpha value is -4.82. The third-order valence-electron chi connectivity index (χ3n) is 8.66. The number of hydrogen-bond donors (Lipinski definition) is 2. The summed E-state index contributed by atoms with van der Waals surface area (Å²) in [6.07, 6.45) is -3.30. The summed E-state index contributed by atoms with van der Waals surface area (Å²) < 4.78 is 41.2. The number of likely N-dealkylation sites (N-methyl/N-ethyl adjacent to an activating group) is 1. The van der Waals surface area contributed by atoms with Crippen LogP contribution in [0.2, 0.25) is 0 Å². The molecule has 0 unspecified atom stereocenters. The Labute approximate surface area is 258 Å². The zero-order valence-corrected chi connectivity index (χ0v) is 25.2. The first-order valence-electron chi connectivity index (χ1n) is 14.1. The molecule has 2 saturated heterocycles. The maximum absolute atomic E-state index is 14.6. The Bertz CT molecular complexity index is 1810. The smallest absolute Gasteiger partial charge is 0.278 e. The van der Waals surface area contributed by atoms with Gasteiger partial charge in [-0.05, 0) is 65.5 Å². The van der Waals surface area contributed by atoms with Gasteiger partial charge in [0.2, 0.25) is 12.0 Å². The Balaban J connectivity index is 1.51. The van der Waals surface area contributed by atoms with Gasteiger partial charge < -0.3 is 24.6 Å². The average molecular weight is 635 g/mol. The lowest BCUT2D eigenvalue weighted by Gasteiger charge is -2.46. The number of para-hydroxylation sites is 1. The van der Waals surface area contributed by atoms with Crippen molar-refractivity contribution in [1.29, 1.82) is 0 Å². The number of amides is 2. The number of carbonyl (C=O) groups is 2. The van der Waals surface area contributed by atoms with E-state index in [0.29, 0.717) is 29.0 Å². The van der Waals surface area contributed by atoms with Crippen molar-refractivity contribution in [3.05, 3.63) is 94.4 Å². The number of carbonyl (C=O) groups excluding carboxylic acids is 2. The highest BCUT2D eigenvalue weighted by molar-refractivity contribution is 7.92. The van der Waals surface area contributed by atoms with Gasteiger partial charge in [0.1, 0.15) is 17.7 Å². The molecule has 6 rings (SSSR count). The Kier molecular flexibility index (Phi) is 7.36. The predicted molar refractivity (Wildman–Crippen MR) is 159 cm³/mol. The molecular weight excluding hydrogens is 604 g/mol. The molecule has 0 saturated carbocycles. The van der Waals surface area contributed by atoms with E-state index in [9.17, 15) is 28.2 Å². The van der Waals surface area contributed by atoms with E-state index in [4.69, 9.17) is 15.0 Å². The van der Waals surface area contributed by atoms with Crippen molar-refractivity contribution < 1.29 is 37.7 Å². The number of aliphatic hydroxyl groups is 2. The van der Waals surface area contributed by atoms with Crippen molar-refractivity contribution in [1.82, 2.24) is 9.80 Å². The molecule has 3 aromatic carbocycles. The number of methoxy groups -OCH3 is 1. The Morgan fingerprint density at radius 3 is 2.38 bits per heavy atom. The number of sulfonamides is 1. The molecular formula is C30H30N6O8S. The second-order valence-electron chi connectivity index (χ2n) is 11.0. The van der Waals surface area contributed by atoms with Crippen LogP contribution in [0.4, 0.5) is 5.69 Å². The molecule has 4 atom stereocenters. The van der Waals surface area contributed by atoms with Crippen molar-refractivity contribution in [3.8, 4) is 11.5 Å². The van der Waals surface area contributed by atoms with Gasteiger partial charge in [-0.15, -0.1) is 0 Å². The number of benzene rings is 3. The maximum atomic E-state index is 14.6. The summed E-state index contributed by atoms with van der Waals surface area (Å²) in [7, 11) is -1.77. The number of hydrogen-bond acceptors (Lipinski definition) is 9.